The normalized spacial score (nSPS) is 12.8. The van der Waals surface area contributed by atoms with E-state index in [1.165, 1.54) is 24.2 Å². The Labute approximate surface area is 167 Å². The van der Waals surface area contributed by atoms with Crippen LogP contribution >= 0.6 is 0 Å². The van der Waals surface area contributed by atoms with Crippen molar-refractivity contribution in [1.29, 1.82) is 0 Å². The molecule has 2 amide bonds. The van der Waals surface area contributed by atoms with Crippen molar-refractivity contribution in [1.82, 2.24) is 20.2 Å². The summed E-state index contributed by atoms with van der Waals surface area (Å²) in [6.45, 7) is 6.38. The quantitative estimate of drug-likeness (QED) is 0.684. The van der Waals surface area contributed by atoms with Gasteiger partial charge in [-0.25, -0.2) is 4.98 Å². The van der Waals surface area contributed by atoms with Crippen LogP contribution in [0.15, 0.2) is 48.9 Å². The molecule has 0 aliphatic heterocycles. The Hall–Kier alpha value is -2.76. The van der Waals surface area contributed by atoms with Gasteiger partial charge in [-0.3, -0.25) is 14.6 Å². The van der Waals surface area contributed by atoms with Crippen molar-refractivity contribution >= 4 is 11.8 Å². The van der Waals surface area contributed by atoms with Gasteiger partial charge in [-0.2, -0.15) is 0 Å². The van der Waals surface area contributed by atoms with Crippen molar-refractivity contribution in [3.63, 3.8) is 0 Å². The van der Waals surface area contributed by atoms with E-state index in [1.54, 1.807) is 4.90 Å². The molecule has 0 spiro atoms. The lowest BCUT2D eigenvalue weighted by atomic mass is 10.1. The predicted octanol–water partition coefficient (Wildman–Crippen LogP) is 3.24. The van der Waals surface area contributed by atoms with Gasteiger partial charge in [0, 0.05) is 37.4 Å². The average molecular weight is 383 g/mol. The standard InChI is InChI=1S/C22H30N4O2/c1-4-18(3)26(22(28)20-16-23-13-14-24-20)15-12-21(27)25-17(2)10-11-19-8-6-5-7-9-19/h5-9,13-14,16-18H,4,10-12,15H2,1-3H3,(H,25,27)/t17-,18-/m1/s1. The minimum absolute atomic E-state index is 0.0258. The van der Waals surface area contributed by atoms with Crippen LogP contribution < -0.4 is 5.32 Å². The average Bonchev–Trinajstić information content (AvgIpc) is 2.73. The van der Waals surface area contributed by atoms with Crippen LogP contribution in [0.4, 0.5) is 0 Å². The van der Waals surface area contributed by atoms with Crippen LogP contribution in [0.5, 0.6) is 0 Å². The highest BCUT2D eigenvalue weighted by atomic mass is 16.2. The summed E-state index contributed by atoms with van der Waals surface area (Å²) in [5.41, 5.74) is 1.57. The predicted molar refractivity (Wildman–Crippen MR) is 110 cm³/mol. The van der Waals surface area contributed by atoms with E-state index < -0.39 is 0 Å². The van der Waals surface area contributed by atoms with Gasteiger partial charge < -0.3 is 10.2 Å². The van der Waals surface area contributed by atoms with Gasteiger partial charge in [0.05, 0.1) is 6.20 Å². The molecule has 150 valence electrons. The van der Waals surface area contributed by atoms with E-state index in [0.717, 1.165) is 19.3 Å². The molecule has 1 aromatic heterocycles. The third-order valence-electron chi connectivity index (χ3n) is 4.86. The SMILES string of the molecule is CC[C@@H](C)N(CCC(=O)N[C@H](C)CCc1ccccc1)C(=O)c1cnccn1. The van der Waals surface area contributed by atoms with E-state index in [2.05, 4.69) is 27.4 Å². The van der Waals surface area contributed by atoms with Crippen molar-refractivity contribution in [2.45, 2.75) is 58.5 Å². The molecular formula is C22H30N4O2. The second-order valence-corrected chi connectivity index (χ2v) is 7.09. The second-order valence-electron chi connectivity index (χ2n) is 7.09. The van der Waals surface area contributed by atoms with Gasteiger partial charge in [0.15, 0.2) is 0 Å². The number of nitrogens with zero attached hydrogens (tertiary/aromatic N) is 3. The highest BCUT2D eigenvalue weighted by Crippen LogP contribution is 2.10. The first-order valence-electron chi connectivity index (χ1n) is 9.91. The van der Waals surface area contributed by atoms with Crippen LogP contribution in [0.2, 0.25) is 0 Å². The minimum Gasteiger partial charge on any atom is -0.354 e. The lowest BCUT2D eigenvalue weighted by Gasteiger charge is -2.28. The van der Waals surface area contributed by atoms with E-state index in [-0.39, 0.29) is 30.3 Å². The minimum atomic E-state index is -0.188. The zero-order valence-electron chi connectivity index (χ0n) is 17.0. The molecule has 6 nitrogen and oxygen atoms in total. The zero-order valence-corrected chi connectivity index (χ0v) is 17.0. The van der Waals surface area contributed by atoms with Crippen molar-refractivity contribution in [3.05, 3.63) is 60.2 Å². The molecule has 0 radical (unpaired) electrons. The van der Waals surface area contributed by atoms with E-state index in [0.29, 0.717) is 12.2 Å². The van der Waals surface area contributed by atoms with Crippen LogP contribution in [0.25, 0.3) is 0 Å². The fourth-order valence-electron chi connectivity index (χ4n) is 2.97. The second kappa shape index (κ2) is 11.2. The number of benzene rings is 1. The molecule has 0 aliphatic rings. The molecule has 0 fully saturated rings. The van der Waals surface area contributed by atoms with Gasteiger partial charge in [0.2, 0.25) is 5.91 Å². The Balaban J connectivity index is 1.84. The molecule has 28 heavy (non-hydrogen) atoms. The molecule has 1 aromatic carbocycles. The van der Waals surface area contributed by atoms with Crippen LogP contribution in [0.1, 0.15) is 56.1 Å². The van der Waals surface area contributed by atoms with Crippen LogP contribution in [0.3, 0.4) is 0 Å². The summed E-state index contributed by atoms with van der Waals surface area (Å²) in [7, 11) is 0. The van der Waals surface area contributed by atoms with Gasteiger partial charge >= 0.3 is 0 Å². The fourth-order valence-corrected chi connectivity index (χ4v) is 2.97. The fraction of sp³-hybridized carbons (Fsp3) is 0.455. The summed E-state index contributed by atoms with van der Waals surface area (Å²) in [5.74, 6) is -0.229. The first-order valence-corrected chi connectivity index (χ1v) is 9.91. The van der Waals surface area contributed by atoms with Crippen molar-refractivity contribution < 1.29 is 9.59 Å². The maximum Gasteiger partial charge on any atom is 0.274 e. The molecule has 0 saturated heterocycles. The number of carbonyl (C=O) groups excluding carboxylic acids is 2. The Morgan fingerprint density at radius 1 is 1.14 bits per heavy atom. The summed E-state index contributed by atoms with van der Waals surface area (Å²) in [4.78, 5) is 34.9. The maximum atomic E-state index is 12.7. The number of aryl methyl sites for hydroxylation is 1. The van der Waals surface area contributed by atoms with E-state index in [9.17, 15) is 9.59 Å². The molecular weight excluding hydrogens is 352 g/mol. The number of hydrogen-bond acceptors (Lipinski definition) is 4. The number of rotatable bonds is 10. The Morgan fingerprint density at radius 2 is 1.89 bits per heavy atom. The molecule has 1 heterocycles. The van der Waals surface area contributed by atoms with Gasteiger partial charge in [-0.15, -0.1) is 0 Å². The Morgan fingerprint density at radius 3 is 2.54 bits per heavy atom. The molecule has 0 bridgehead atoms. The first-order chi connectivity index (χ1) is 13.5. The van der Waals surface area contributed by atoms with Crippen LogP contribution in [-0.4, -0.2) is 45.3 Å². The molecule has 2 aromatic rings. The summed E-state index contributed by atoms with van der Waals surface area (Å²) >= 11 is 0. The number of aromatic nitrogens is 2. The Kier molecular flexibility index (Phi) is 8.59. The van der Waals surface area contributed by atoms with E-state index >= 15 is 0 Å². The van der Waals surface area contributed by atoms with Gasteiger partial charge in [0.25, 0.3) is 5.91 Å². The number of carbonyl (C=O) groups is 2. The molecule has 6 heteroatoms. The first kappa shape index (κ1) is 21.5. The van der Waals surface area contributed by atoms with E-state index in [1.807, 2.05) is 39.0 Å². The summed E-state index contributed by atoms with van der Waals surface area (Å²) in [6.07, 6.45) is 7.38. The molecule has 1 N–H and O–H groups in total. The van der Waals surface area contributed by atoms with Crippen LogP contribution in [-0.2, 0) is 11.2 Å². The monoisotopic (exact) mass is 382 g/mol. The summed E-state index contributed by atoms with van der Waals surface area (Å²) in [6, 6.07) is 10.3. The van der Waals surface area contributed by atoms with Gasteiger partial charge in [-0.05, 0) is 38.7 Å². The number of amides is 2. The highest BCUT2D eigenvalue weighted by molar-refractivity contribution is 5.92. The lowest BCUT2D eigenvalue weighted by molar-refractivity contribution is -0.122. The highest BCUT2D eigenvalue weighted by Gasteiger charge is 2.22. The third-order valence-corrected chi connectivity index (χ3v) is 4.86. The molecule has 0 aliphatic carbocycles. The number of nitrogens with one attached hydrogen (secondary N) is 1. The molecule has 0 saturated carbocycles. The summed E-state index contributed by atoms with van der Waals surface area (Å²) in [5, 5.41) is 3.04. The largest absolute Gasteiger partial charge is 0.354 e. The molecule has 2 rings (SSSR count). The summed E-state index contributed by atoms with van der Waals surface area (Å²) < 4.78 is 0. The number of hydrogen-bond donors (Lipinski definition) is 1. The van der Waals surface area contributed by atoms with Crippen molar-refractivity contribution in [2.24, 2.45) is 0 Å². The van der Waals surface area contributed by atoms with Crippen molar-refractivity contribution in [2.75, 3.05) is 6.54 Å². The Bertz CT molecular complexity index is 737. The van der Waals surface area contributed by atoms with Crippen molar-refractivity contribution in [3.8, 4) is 0 Å². The third kappa shape index (κ3) is 6.76. The topological polar surface area (TPSA) is 75.2 Å². The lowest BCUT2D eigenvalue weighted by Crippen LogP contribution is -2.42. The molecule has 0 unspecified atom stereocenters. The maximum absolute atomic E-state index is 12.7. The van der Waals surface area contributed by atoms with Gasteiger partial charge in [0.1, 0.15) is 5.69 Å². The van der Waals surface area contributed by atoms with Gasteiger partial charge in [-0.1, -0.05) is 37.3 Å². The van der Waals surface area contributed by atoms with Crippen LogP contribution in [0, 0.1) is 0 Å². The smallest absolute Gasteiger partial charge is 0.274 e. The van der Waals surface area contributed by atoms with E-state index in [4.69, 9.17) is 0 Å². The zero-order chi connectivity index (χ0) is 20.4. The molecule has 2 atom stereocenters.